The molecule has 1 aromatic carbocycles. The molecule has 0 spiro atoms. The maximum absolute atomic E-state index is 11.0. The number of benzene rings is 1. The van der Waals surface area contributed by atoms with E-state index in [0.29, 0.717) is 19.6 Å². The third kappa shape index (κ3) is 12.9. The predicted octanol–water partition coefficient (Wildman–Crippen LogP) is 4.98. The van der Waals surface area contributed by atoms with Crippen LogP contribution in [-0.2, 0) is 20.9 Å². The molecule has 0 aliphatic rings. The summed E-state index contributed by atoms with van der Waals surface area (Å²) in [5.74, 6) is 0.716. The molecule has 29 heavy (non-hydrogen) atoms. The van der Waals surface area contributed by atoms with Gasteiger partial charge in [-0.15, -0.1) is 0 Å². The second-order valence-electron chi connectivity index (χ2n) is 6.94. The number of methoxy groups -OCH3 is 2. The Labute approximate surface area is 175 Å². The first-order chi connectivity index (χ1) is 14.2. The number of ether oxygens (including phenoxy) is 3. The summed E-state index contributed by atoms with van der Waals surface area (Å²) < 4.78 is 15.6. The molecule has 0 aliphatic heterocycles. The van der Waals surface area contributed by atoms with E-state index in [4.69, 9.17) is 9.47 Å². The minimum Gasteiger partial charge on any atom is -0.497 e. The molecule has 1 N–H and O–H groups in total. The zero-order valence-corrected chi connectivity index (χ0v) is 17.9. The second kappa shape index (κ2) is 16.8. The van der Waals surface area contributed by atoms with Crippen LogP contribution in [0.3, 0.4) is 0 Å². The smallest absolute Gasteiger partial charge is 0.305 e. The van der Waals surface area contributed by atoms with Gasteiger partial charge in [0.2, 0.25) is 0 Å². The summed E-state index contributed by atoms with van der Waals surface area (Å²) in [5.41, 5.74) is 2.18. The van der Waals surface area contributed by atoms with Crippen molar-refractivity contribution in [2.24, 2.45) is 0 Å². The van der Waals surface area contributed by atoms with E-state index in [2.05, 4.69) is 16.9 Å². The quantitative estimate of drug-likeness (QED) is 0.239. The summed E-state index contributed by atoms with van der Waals surface area (Å²) in [6.07, 6.45) is 14.0. The summed E-state index contributed by atoms with van der Waals surface area (Å²) >= 11 is 0. The van der Waals surface area contributed by atoms with Crippen LogP contribution >= 0.6 is 0 Å². The molecule has 162 valence electrons. The number of aliphatic hydroxyl groups is 1. The van der Waals surface area contributed by atoms with Gasteiger partial charge in [-0.05, 0) is 49.0 Å². The highest BCUT2D eigenvalue weighted by atomic mass is 16.5. The van der Waals surface area contributed by atoms with Gasteiger partial charge in [0, 0.05) is 6.42 Å². The lowest BCUT2D eigenvalue weighted by Crippen LogP contribution is -2.00. The minimum atomic E-state index is -0.118. The molecule has 0 amide bonds. The van der Waals surface area contributed by atoms with Crippen LogP contribution in [0.15, 0.2) is 48.1 Å². The molecule has 0 aromatic heterocycles. The van der Waals surface area contributed by atoms with E-state index in [1.807, 2.05) is 30.3 Å². The number of allylic oxidation sites excluding steroid dienone is 2. The highest BCUT2D eigenvalue weighted by molar-refractivity contribution is 5.68. The van der Waals surface area contributed by atoms with E-state index >= 15 is 0 Å². The van der Waals surface area contributed by atoms with Gasteiger partial charge in [-0.2, -0.15) is 0 Å². The van der Waals surface area contributed by atoms with Crippen molar-refractivity contribution >= 4 is 5.97 Å². The summed E-state index contributed by atoms with van der Waals surface area (Å²) in [7, 11) is 3.08. The van der Waals surface area contributed by atoms with Crippen LogP contribution in [0.1, 0.15) is 56.9 Å². The first-order valence-electron chi connectivity index (χ1n) is 10.4. The molecule has 0 fully saturated rings. The number of hydrogen-bond donors (Lipinski definition) is 1. The lowest BCUT2D eigenvalue weighted by molar-refractivity contribution is -0.140. The van der Waals surface area contributed by atoms with Gasteiger partial charge in [0.05, 0.1) is 34.0 Å². The fourth-order valence-electron chi connectivity index (χ4n) is 2.87. The van der Waals surface area contributed by atoms with Crippen molar-refractivity contribution in [1.82, 2.24) is 0 Å². The Morgan fingerprint density at radius 2 is 1.72 bits per heavy atom. The molecule has 1 aromatic rings. The maximum Gasteiger partial charge on any atom is 0.305 e. The van der Waals surface area contributed by atoms with Crippen molar-refractivity contribution in [2.45, 2.75) is 58.0 Å². The molecule has 0 saturated heterocycles. The van der Waals surface area contributed by atoms with Crippen molar-refractivity contribution in [3.63, 3.8) is 0 Å². The van der Waals surface area contributed by atoms with Gasteiger partial charge in [-0.3, -0.25) is 4.79 Å². The Bertz CT molecular complexity index is 604. The van der Waals surface area contributed by atoms with Crippen LogP contribution in [0, 0.1) is 0 Å². The number of carbonyl (C=O) groups is 1. The molecular formula is C24H36O5. The monoisotopic (exact) mass is 404 g/mol. The Morgan fingerprint density at radius 3 is 2.41 bits per heavy atom. The predicted molar refractivity (Wildman–Crippen MR) is 116 cm³/mol. The van der Waals surface area contributed by atoms with Crippen LogP contribution < -0.4 is 4.74 Å². The zero-order valence-electron chi connectivity index (χ0n) is 17.9. The van der Waals surface area contributed by atoms with E-state index in [9.17, 15) is 9.90 Å². The molecule has 0 radical (unpaired) electrons. The van der Waals surface area contributed by atoms with Crippen LogP contribution in [0.4, 0.5) is 0 Å². The van der Waals surface area contributed by atoms with Gasteiger partial charge in [0.1, 0.15) is 5.75 Å². The maximum atomic E-state index is 11.0. The Balaban J connectivity index is 2.13. The summed E-state index contributed by atoms with van der Waals surface area (Å²) in [4.78, 5) is 11.0. The molecule has 5 nitrogen and oxygen atoms in total. The van der Waals surface area contributed by atoms with Gasteiger partial charge in [0.25, 0.3) is 0 Å². The highest BCUT2D eigenvalue weighted by Crippen LogP contribution is 2.13. The van der Waals surface area contributed by atoms with Crippen LogP contribution in [0.5, 0.6) is 5.75 Å². The van der Waals surface area contributed by atoms with Crippen LogP contribution in [0.25, 0.3) is 0 Å². The Hall–Kier alpha value is -2.11. The Morgan fingerprint density at radius 1 is 1.00 bits per heavy atom. The molecule has 0 heterocycles. The van der Waals surface area contributed by atoms with E-state index in [1.54, 1.807) is 7.11 Å². The summed E-state index contributed by atoms with van der Waals surface area (Å²) in [6.45, 7) is 1.07. The first-order valence-corrected chi connectivity index (χ1v) is 10.4. The number of rotatable bonds is 16. The first kappa shape index (κ1) is 24.9. The average Bonchev–Trinajstić information content (AvgIpc) is 2.75. The summed E-state index contributed by atoms with van der Waals surface area (Å²) in [6, 6.07) is 7.82. The van der Waals surface area contributed by atoms with Gasteiger partial charge >= 0.3 is 5.97 Å². The molecular weight excluding hydrogens is 368 g/mol. The van der Waals surface area contributed by atoms with Gasteiger partial charge < -0.3 is 19.3 Å². The molecule has 0 atom stereocenters. The van der Waals surface area contributed by atoms with Crippen LogP contribution in [-0.4, -0.2) is 38.5 Å². The number of unbranched alkanes of at least 4 members (excludes halogenated alkanes) is 5. The van der Waals surface area contributed by atoms with E-state index in [1.165, 1.54) is 13.5 Å². The van der Waals surface area contributed by atoms with Crippen LogP contribution in [0.2, 0.25) is 0 Å². The zero-order chi connectivity index (χ0) is 21.2. The standard InChI is InChI=1S/C24H36O5/c1-27-23-15-13-22(14-16-23)20-29-19-21(17-18-25)11-9-7-5-3-4-6-8-10-12-24(26)28-2/h7,9,13-17,25H,3-6,8,10-12,18-20H2,1-2H3/b9-7+,21-17-. The molecule has 0 bridgehead atoms. The van der Waals surface area contributed by atoms with Crippen molar-refractivity contribution < 1.29 is 24.1 Å². The number of hydrogen-bond acceptors (Lipinski definition) is 5. The normalized spacial score (nSPS) is 11.8. The summed E-state index contributed by atoms with van der Waals surface area (Å²) in [5, 5.41) is 9.21. The fraction of sp³-hybridized carbons (Fsp3) is 0.542. The van der Waals surface area contributed by atoms with Crippen molar-refractivity contribution in [1.29, 1.82) is 0 Å². The van der Waals surface area contributed by atoms with E-state index < -0.39 is 0 Å². The molecule has 0 saturated carbocycles. The third-order valence-electron chi connectivity index (χ3n) is 4.62. The van der Waals surface area contributed by atoms with Crippen molar-refractivity contribution in [3.8, 4) is 5.75 Å². The topological polar surface area (TPSA) is 65.0 Å². The Kier molecular flexibility index (Phi) is 14.4. The van der Waals surface area contributed by atoms with Crippen molar-refractivity contribution in [2.75, 3.05) is 27.4 Å². The third-order valence-corrected chi connectivity index (χ3v) is 4.62. The highest BCUT2D eigenvalue weighted by Gasteiger charge is 2.00. The SMILES string of the molecule is COC(=O)CCCCCCC/C=C/C/C(=C/CO)COCc1ccc(OC)cc1. The fourth-order valence-corrected chi connectivity index (χ4v) is 2.87. The second-order valence-corrected chi connectivity index (χ2v) is 6.94. The van der Waals surface area contributed by atoms with Gasteiger partial charge in [0.15, 0.2) is 0 Å². The molecule has 1 rings (SSSR count). The number of aliphatic hydroxyl groups excluding tert-OH is 1. The largest absolute Gasteiger partial charge is 0.497 e. The lowest BCUT2D eigenvalue weighted by atomic mass is 10.1. The van der Waals surface area contributed by atoms with E-state index in [0.717, 1.165) is 55.4 Å². The van der Waals surface area contributed by atoms with Gasteiger partial charge in [-0.25, -0.2) is 0 Å². The molecule has 0 unspecified atom stereocenters. The van der Waals surface area contributed by atoms with E-state index in [-0.39, 0.29) is 12.6 Å². The molecule has 0 aliphatic carbocycles. The lowest BCUT2D eigenvalue weighted by Gasteiger charge is -2.08. The number of esters is 1. The average molecular weight is 405 g/mol. The van der Waals surface area contributed by atoms with Crippen molar-refractivity contribution in [3.05, 3.63) is 53.6 Å². The molecule has 5 heteroatoms. The van der Waals surface area contributed by atoms with Gasteiger partial charge in [-0.1, -0.05) is 49.6 Å². The number of carbonyl (C=O) groups excluding carboxylic acids is 1. The minimum absolute atomic E-state index is 0.0284.